The van der Waals surface area contributed by atoms with Gasteiger partial charge in [0.1, 0.15) is 30.8 Å². The summed E-state index contributed by atoms with van der Waals surface area (Å²) in [4.78, 5) is 28.7. The van der Waals surface area contributed by atoms with E-state index in [1.54, 1.807) is 32.0 Å². The second-order valence-electron chi connectivity index (χ2n) is 5.71. The Balaban J connectivity index is 1.90. The first-order chi connectivity index (χ1) is 12.9. The fourth-order valence-corrected chi connectivity index (χ4v) is 2.65. The minimum atomic E-state index is -0.613. The summed E-state index contributed by atoms with van der Waals surface area (Å²) in [6.07, 6.45) is 2.84. The molecule has 10 heteroatoms. The first-order valence-electron chi connectivity index (χ1n) is 7.83. The number of anilines is 1. The Morgan fingerprint density at radius 1 is 1.37 bits per heavy atom. The third kappa shape index (κ3) is 3.70. The van der Waals surface area contributed by atoms with Gasteiger partial charge < -0.3 is 5.32 Å². The molecule has 3 rings (SSSR count). The highest BCUT2D eigenvalue weighted by atomic mass is 35.5. The summed E-state index contributed by atoms with van der Waals surface area (Å²) in [7, 11) is 0. The quantitative estimate of drug-likeness (QED) is 0.731. The summed E-state index contributed by atoms with van der Waals surface area (Å²) in [5, 5.41) is 20.4. The van der Waals surface area contributed by atoms with E-state index in [9.17, 15) is 9.59 Å². The Bertz CT molecular complexity index is 1110. The Morgan fingerprint density at radius 3 is 2.81 bits per heavy atom. The molecule has 0 fully saturated rings. The number of carbonyl (C=O) groups excluding carboxylic acids is 1. The van der Waals surface area contributed by atoms with Gasteiger partial charge in [-0.05, 0) is 37.6 Å². The van der Waals surface area contributed by atoms with Gasteiger partial charge in [-0.15, -0.1) is 0 Å². The highest BCUT2D eigenvalue weighted by Gasteiger charge is 2.15. The van der Waals surface area contributed by atoms with Gasteiger partial charge >= 0.3 is 0 Å². The molecule has 1 N–H and O–H groups in total. The Hall–Kier alpha value is -3.51. The molecule has 1 amide bonds. The number of carbonyl (C=O) groups is 1. The summed E-state index contributed by atoms with van der Waals surface area (Å²) in [6.45, 7) is 2.96. The zero-order chi connectivity index (χ0) is 19.6. The van der Waals surface area contributed by atoms with Crippen molar-refractivity contribution in [1.29, 1.82) is 5.26 Å². The molecule has 0 radical (unpaired) electrons. The second-order valence-corrected chi connectivity index (χ2v) is 6.15. The Labute approximate surface area is 158 Å². The van der Waals surface area contributed by atoms with E-state index in [0.717, 1.165) is 4.68 Å². The van der Waals surface area contributed by atoms with Crippen LogP contribution in [0.5, 0.6) is 0 Å². The molecular formula is C17H14ClN7O2. The van der Waals surface area contributed by atoms with E-state index in [2.05, 4.69) is 20.5 Å². The Morgan fingerprint density at radius 2 is 2.15 bits per heavy atom. The zero-order valence-corrected chi connectivity index (χ0v) is 15.2. The third-order valence-electron chi connectivity index (χ3n) is 3.94. The summed E-state index contributed by atoms with van der Waals surface area (Å²) in [6, 6.07) is 6.76. The molecule has 2 aromatic heterocycles. The van der Waals surface area contributed by atoms with Gasteiger partial charge in [-0.25, -0.2) is 14.3 Å². The average Bonchev–Trinajstić information content (AvgIpc) is 3.14. The zero-order valence-electron chi connectivity index (χ0n) is 14.5. The van der Waals surface area contributed by atoms with E-state index < -0.39 is 11.5 Å². The molecule has 136 valence electrons. The number of aryl methyl sites for hydroxylation is 1. The number of nitrogens with one attached hydrogen (secondary N) is 1. The molecular weight excluding hydrogens is 370 g/mol. The Kier molecular flexibility index (Phi) is 5.00. The maximum Gasteiger partial charge on any atom is 0.285 e. The average molecular weight is 384 g/mol. The molecule has 2 heterocycles. The maximum atomic E-state index is 12.5. The second kappa shape index (κ2) is 7.39. The first-order valence-corrected chi connectivity index (χ1v) is 8.21. The van der Waals surface area contributed by atoms with Crippen LogP contribution in [-0.2, 0) is 11.3 Å². The van der Waals surface area contributed by atoms with Gasteiger partial charge in [-0.3, -0.25) is 9.59 Å². The molecule has 0 aliphatic heterocycles. The van der Waals surface area contributed by atoms with Crippen LogP contribution in [0.15, 0.2) is 35.6 Å². The lowest BCUT2D eigenvalue weighted by atomic mass is 10.1. The van der Waals surface area contributed by atoms with Crippen LogP contribution in [0.4, 0.5) is 5.69 Å². The van der Waals surface area contributed by atoms with Crippen molar-refractivity contribution in [2.75, 3.05) is 5.32 Å². The van der Waals surface area contributed by atoms with E-state index >= 15 is 0 Å². The predicted molar refractivity (Wildman–Crippen MR) is 97.7 cm³/mol. The number of hydrogen-bond acceptors (Lipinski definition) is 6. The molecule has 3 aromatic rings. The minimum absolute atomic E-state index is 0.0265. The van der Waals surface area contributed by atoms with E-state index in [-0.39, 0.29) is 12.1 Å². The van der Waals surface area contributed by atoms with Crippen molar-refractivity contribution >= 4 is 23.2 Å². The number of amides is 1. The fourth-order valence-electron chi connectivity index (χ4n) is 2.48. The van der Waals surface area contributed by atoms with E-state index in [1.807, 2.05) is 6.07 Å². The highest BCUT2D eigenvalue weighted by molar-refractivity contribution is 6.31. The number of rotatable bonds is 4. The van der Waals surface area contributed by atoms with Crippen LogP contribution < -0.4 is 10.9 Å². The number of aromatic nitrogens is 5. The van der Waals surface area contributed by atoms with Crippen molar-refractivity contribution in [2.45, 2.75) is 20.4 Å². The van der Waals surface area contributed by atoms with Crippen molar-refractivity contribution in [3.05, 3.63) is 63.1 Å². The standard InChI is InChI=1S/C17H14ClN7O2/c1-10-11(2)23-24(17(27)13(10)6-19)7-16(26)22-14-5-12(18)3-4-15(14)25-9-20-8-21-25/h3-5,8-9H,7H2,1-2H3,(H,22,26). The highest BCUT2D eigenvalue weighted by Crippen LogP contribution is 2.23. The van der Waals surface area contributed by atoms with Crippen LogP contribution in [0, 0.1) is 25.2 Å². The van der Waals surface area contributed by atoms with Crippen LogP contribution in [0.1, 0.15) is 16.8 Å². The number of benzene rings is 1. The normalized spacial score (nSPS) is 10.4. The molecule has 0 aliphatic rings. The van der Waals surface area contributed by atoms with Crippen LogP contribution in [0.3, 0.4) is 0 Å². The van der Waals surface area contributed by atoms with E-state index in [4.69, 9.17) is 16.9 Å². The van der Waals surface area contributed by atoms with Gasteiger partial charge in [0.05, 0.1) is 17.1 Å². The van der Waals surface area contributed by atoms with Crippen molar-refractivity contribution in [3.8, 4) is 11.8 Å². The van der Waals surface area contributed by atoms with Crippen LogP contribution in [0.2, 0.25) is 5.02 Å². The van der Waals surface area contributed by atoms with Crippen LogP contribution in [-0.4, -0.2) is 30.5 Å². The first kappa shape index (κ1) is 18.3. The van der Waals surface area contributed by atoms with Gasteiger partial charge in [0.25, 0.3) is 5.56 Å². The van der Waals surface area contributed by atoms with Gasteiger partial charge in [0.15, 0.2) is 0 Å². The van der Waals surface area contributed by atoms with Crippen molar-refractivity contribution < 1.29 is 4.79 Å². The summed E-state index contributed by atoms with van der Waals surface area (Å²) < 4.78 is 2.44. The van der Waals surface area contributed by atoms with E-state index in [1.165, 1.54) is 17.3 Å². The number of nitriles is 1. The SMILES string of the molecule is Cc1nn(CC(=O)Nc2cc(Cl)ccc2-n2cncn2)c(=O)c(C#N)c1C. The van der Waals surface area contributed by atoms with Gasteiger partial charge in [0.2, 0.25) is 5.91 Å². The van der Waals surface area contributed by atoms with Gasteiger partial charge in [0, 0.05) is 5.02 Å². The summed E-state index contributed by atoms with van der Waals surface area (Å²) in [5.41, 5.74) is 1.32. The molecule has 0 atom stereocenters. The number of halogens is 1. The molecule has 0 bridgehead atoms. The lowest BCUT2D eigenvalue weighted by Gasteiger charge is -2.12. The molecule has 0 unspecified atom stereocenters. The van der Waals surface area contributed by atoms with Crippen molar-refractivity contribution in [3.63, 3.8) is 0 Å². The van der Waals surface area contributed by atoms with Crippen molar-refractivity contribution in [1.82, 2.24) is 24.5 Å². The topological polar surface area (TPSA) is 118 Å². The molecule has 0 spiro atoms. The lowest BCUT2D eigenvalue weighted by Crippen LogP contribution is -2.32. The number of nitrogens with zero attached hydrogens (tertiary/aromatic N) is 6. The number of hydrogen-bond donors (Lipinski definition) is 1. The molecule has 0 saturated carbocycles. The van der Waals surface area contributed by atoms with Crippen LogP contribution in [0.25, 0.3) is 5.69 Å². The largest absolute Gasteiger partial charge is 0.323 e. The summed E-state index contributed by atoms with van der Waals surface area (Å²) in [5.74, 6) is -0.500. The molecule has 9 nitrogen and oxygen atoms in total. The van der Waals surface area contributed by atoms with Crippen LogP contribution >= 0.6 is 11.6 Å². The summed E-state index contributed by atoms with van der Waals surface area (Å²) >= 11 is 6.02. The lowest BCUT2D eigenvalue weighted by molar-refractivity contribution is -0.117. The maximum absolute atomic E-state index is 12.5. The third-order valence-corrected chi connectivity index (χ3v) is 4.18. The fraction of sp³-hybridized carbons (Fsp3) is 0.176. The van der Waals surface area contributed by atoms with Crippen molar-refractivity contribution in [2.24, 2.45) is 0 Å². The molecule has 27 heavy (non-hydrogen) atoms. The van der Waals surface area contributed by atoms with Gasteiger partial charge in [-0.1, -0.05) is 11.6 Å². The van der Waals surface area contributed by atoms with Gasteiger partial charge in [-0.2, -0.15) is 15.5 Å². The molecule has 0 aliphatic carbocycles. The smallest absolute Gasteiger partial charge is 0.285 e. The van der Waals surface area contributed by atoms with E-state index in [0.29, 0.717) is 27.7 Å². The molecule has 1 aromatic carbocycles. The minimum Gasteiger partial charge on any atom is -0.323 e. The monoisotopic (exact) mass is 383 g/mol. The predicted octanol–water partition coefficient (Wildman–Crippen LogP) is 1.60. The molecule has 0 saturated heterocycles.